The Morgan fingerprint density at radius 2 is 1.79 bits per heavy atom. The van der Waals surface area contributed by atoms with Gasteiger partial charge < -0.3 is 5.32 Å². The number of halogens is 1. The monoisotopic (exact) mass is 195 g/mol. The lowest BCUT2D eigenvalue weighted by Crippen LogP contribution is -2.11. The molecule has 1 nitrogen and oxygen atoms in total. The average Bonchev–Trinajstić information content (AvgIpc) is 2.14. The minimum Gasteiger partial charge on any atom is -0.319 e. The molecule has 1 rings (SSSR count). The maximum atomic E-state index is 13.5. The summed E-state index contributed by atoms with van der Waals surface area (Å²) in [7, 11) is 1.93. The fraction of sp³-hybridized carbons (Fsp3) is 0.500. The lowest BCUT2D eigenvalue weighted by atomic mass is 9.98. The highest BCUT2D eigenvalue weighted by molar-refractivity contribution is 5.26. The molecule has 1 aromatic rings. The highest BCUT2D eigenvalue weighted by atomic mass is 19.1. The fourth-order valence-electron chi connectivity index (χ4n) is 1.34. The third-order valence-electron chi connectivity index (χ3n) is 2.30. The first-order chi connectivity index (χ1) is 6.54. The first-order valence-electron chi connectivity index (χ1n) is 4.97. The van der Waals surface area contributed by atoms with Crippen LogP contribution in [0.25, 0.3) is 0 Å². The molecule has 1 aromatic carbocycles. The van der Waals surface area contributed by atoms with E-state index in [4.69, 9.17) is 0 Å². The summed E-state index contributed by atoms with van der Waals surface area (Å²) in [6, 6.07) is 7.72. The minimum atomic E-state index is -1.23. The molecular weight excluding hydrogens is 177 g/mol. The van der Waals surface area contributed by atoms with Crippen LogP contribution in [0.4, 0.5) is 4.39 Å². The second kappa shape index (κ2) is 4.56. The Morgan fingerprint density at radius 3 is 2.21 bits per heavy atom. The van der Waals surface area contributed by atoms with Crippen molar-refractivity contribution in [2.75, 3.05) is 13.6 Å². The molecular formula is C12H18FN. The molecule has 1 N–H and O–H groups in total. The van der Waals surface area contributed by atoms with Crippen LogP contribution in [0.15, 0.2) is 24.3 Å². The Morgan fingerprint density at radius 1 is 1.21 bits per heavy atom. The van der Waals surface area contributed by atoms with Gasteiger partial charge in [0.1, 0.15) is 5.67 Å². The van der Waals surface area contributed by atoms with Crippen LogP contribution in [0.3, 0.4) is 0 Å². The summed E-state index contributed by atoms with van der Waals surface area (Å²) in [5.41, 5.74) is 0.750. The lowest BCUT2D eigenvalue weighted by Gasteiger charge is -2.14. The number of rotatable bonds is 4. The van der Waals surface area contributed by atoms with Crippen LogP contribution in [0, 0.1) is 0 Å². The van der Waals surface area contributed by atoms with E-state index in [1.165, 1.54) is 5.56 Å². The second-order valence-corrected chi connectivity index (χ2v) is 4.02. The largest absolute Gasteiger partial charge is 0.319 e. The van der Waals surface area contributed by atoms with Crippen molar-refractivity contribution in [3.8, 4) is 0 Å². The van der Waals surface area contributed by atoms with Gasteiger partial charge >= 0.3 is 0 Å². The number of likely N-dealkylation sites (N-methyl/N-ethyl adjacent to an activating group) is 1. The Labute approximate surface area is 85.3 Å². The first-order valence-corrected chi connectivity index (χ1v) is 4.97. The van der Waals surface area contributed by atoms with Crippen molar-refractivity contribution < 1.29 is 4.39 Å². The zero-order valence-corrected chi connectivity index (χ0v) is 9.10. The van der Waals surface area contributed by atoms with Crippen LogP contribution < -0.4 is 5.32 Å². The maximum absolute atomic E-state index is 13.5. The SMILES string of the molecule is CNCCc1ccc(C(C)(C)F)cc1. The standard InChI is InChI=1S/C12H18FN/c1-12(2,13)11-6-4-10(5-7-11)8-9-14-3/h4-7,14H,8-9H2,1-3H3. The van der Waals surface area contributed by atoms with E-state index >= 15 is 0 Å². The maximum Gasteiger partial charge on any atom is 0.130 e. The van der Waals surface area contributed by atoms with Gasteiger partial charge in [-0.2, -0.15) is 0 Å². The molecule has 0 spiro atoms. The van der Waals surface area contributed by atoms with Gasteiger partial charge in [-0.1, -0.05) is 24.3 Å². The third kappa shape index (κ3) is 3.11. The summed E-state index contributed by atoms with van der Waals surface area (Å²) in [4.78, 5) is 0. The number of alkyl halides is 1. The molecule has 0 saturated heterocycles. The van der Waals surface area contributed by atoms with Gasteiger partial charge in [0.15, 0.2) is 0 Å². The molecule has 0 aliphatic heterocycles. The van der Waals surface area contributed by atoms with Gasteiger partial charge in [-0.25, -0.2) is 4.39 Å². The van der Waals surface area contributed by atoms with E-state index in [1.807, 2.05) is 31.3 Å². The first kappa shape index (κ1) is 11.2. The van der Waals surface area contributed by atoms with Crippen molar-refractivity contribution in [3.63, 3.8) is 0 Å². The van der Waals surface area contributed by atoms with Crippen LogP contribution in [0.1, 0.15) is 25.0 Å². The van der Waals surface area contributed by atoms with E-state index in [1.54, 1.807) is 13.8 Å². The van der Waals surface area contributed by atoms with Crippen molar-refractivity contribution in [2.45, 2.75) is 25.9 Å². The summed E-state index contributed by atoms with van der Waals surface area (Å²) < 4.78 is 13.5. The topological polar surface area (TPSA) is 12.0 Å². The predicted octanol–water partition coefficient (Wildman–Crippen LogP) is 2.65. The second-order valence-electron chi connectivity index (χ2n) is 4.02. The molecule has 2 heteroatoms. The van der Waals surface area contributed by atoms with Crippen molar-refractivity contribution in [1.82, 2.24) is 5.32 Å². The molecule has 0 heterocycles. The molecule has 0 fully saturated rings. The Bertz CT molecular complexity index is 271. The Hall–Kier alpha value is -0.890. The number of benzene rings is 1. The average molecular weight is 195 g/mol. The van der Waals surface area contributed by atoms with Crippen molar-refractivity contribution in [3.05, 3.63) is 35.4 Å². The number of hydrogen-bond donors (Lipinski definition) is 1. The zero-order chi connectivity index (χ0) is 10.6. The lowest BCUT2D eigenvalue weighted by molar-refractivity contribution is 0.221. The van der Waals surface area contributed by atoms with E-state index in [0.29, 0.717) is 0 Å². The van der Waals surface area contributed by atoms with Gasteiger partial charge in [0.2, 0.25) is 0 Å². The van der Waals surface area contributed by atoms with E-state index in [0.717, 1.165) is 18.5 Å². The molecule has 0 atom stereocenters. The Kier molecular flexibility index (Phi) is 3.64. The van der Waals surface area contributed by atoms with Gasteiger partial charge in [-0.05, 0) is 45.0 Å². The minimum absolute atomic E-state index is 0.741. The Balaban J connectivity index is 2.69. The van der Waals surface area contributed by atoms with E-state index in [-0.39, 0.29) is 0 Å². The quantitative estimate of drug-likeness (QED) is 0.778. The smallest absolute Gasteiger partial charge is 0.130 e. The van der Waals surface area contributed by atoms with Crippen molar-refractivity contribution >= 4 is 0 Å². The van der Waals surface area contributed by atoms with Crippen molar-refractivity contribution in [1.29, 1.82) is 0 Å². The molecule has 0 aliphatic rings. The molecule has 0 aliphatic carbocycles. The van der Waals surface area contributed by atoms with Crippen LogP contribution >= 0.6 is 0 Å². The van der Waals surface area contributed by atoms with Crippen LogP contribution in [0.2, 0.25) is 0 Å². The highest BCUT2D eigenvalue weighted by Gasteiger charge is 2.17. The number of hydrogen-bond acceptors (Lipinski definition) is 1. The zero-order valence-electron chi connectivity index (χ0n) is 9.10. The summed E-state index contributed by atoms with van der Waals surface area (Å²) >= 11 is 0. The van der Waals surface area contributed by atoms with Crippen molar-refractivity contribution in [2.24, 2.45) is 0 Å². The molecule has 0 bridgehead atoms. The number of nitrogens with one attached hydrogen (secondary N) is 1. The highest BCUT2D eigenvalue weighted by Crippen LogP contribution is 2.24. The summed E-state index contributed by atoms with van der Waals surface area (Å²) in [6.07, 6.45) is 0.990. The predicted molar refractivity (Wildman–Crippen MR) is 58.2 cm³/mol. The van der Waals surface area contributed by atoms with Gasteiger partial charge in [0, 0.05) is 0 Å². The van der Waals surface area contributed by atoms with Crippen LogP contribution in [-0.4, -0.2) is 13.6 Å². The molecule has 14 heavy (non-hydrogen) atoms. The van der Waals surface area contributed by atoms with E-state index in [9.17, 15) is 4.39 Å². The summed E-state index contributed by atoms with van der Waals surface area (Å²) in [6.45, 7) is 4.11. The normalized spacial score (nSPS) is 11.7. The summed E-state index contributed by atoms with van der Waals surface area (Å²) in [5.74, 6) is 0. The third-order valence-corrected chi connectivity index (χ3v) is 2.30. The van der Waals surface area contributed by atoms with Crippen LogP contribution in [0.5, 0.6) is 0 Å². The molecule has 0 aromatic heterocycles. The van der Waals surface area contributed by atoms with Gasteiger partial charge in [-0.15, -0.1) is 0 Å². The molecule has 0 unspecified atom stereocenters. The fourth-order valence-corrected chi connectivity index (χ4v) is 1.34. The molecule has 0 amide bonds. The summed E-state index contributed by atoms with van der Waals surface area (Å²) in [5, 5.41) is 3.09. The van der Waals surface area contributed by atoms with Gasteiger partial charge in [0.25, 0.3) is 0 Å². The molecule has 78 valence electrons. The molecule has 0 radical (unpaired) electrons. The van der Waals surface area contributed by atoms with Gasteiger partial charge in [-0.3, -0.25) is 0 Å². The molecule has 0 saturated carbocycles. The van der Waals surface area contributed by atoms with Gasteiger partial charge in [0.05, 0.1) is 0 Å². The van der Waals surface area contributed by atoms with E-state index < -0.39 is 5.67 Å². The van der Waals surface area contributed by atoms with E-state index in [2.05, 4.69) is 5.32 Å². The van der Waals surface area contributed by atoms with Crippen LogP contribution in [-0.2, 0) is 12.1 Å².